The van der Waals surface area contributed by atoms with E-state index in [0.29, 0.717) is 11.5 Å². The molecule has 0 aliphatic carbocycles. The topological polar surface area (TPSA) is 70.7 Å². The highest BCUT2D eigenvalue weighted by Crippen LogP contribution is 2.27. The van der Waals surface area contributed by atoms with E-state index in [4.69, 9.17) is 0 Å². The van der Waals surface area contributed by atoms with Crippen molar-refractivity contribution in [1.29, 1.82) is 0 Å². The molecule has 2 aromatic heterocycles. The first kappa shape index (κ1) is 17.7. The van der Waals surface area contributed by atoms with Crippen LogP contribution in [-0.2, 0) is 0 Å². The van der Waals surface area contributed by atoms with E-state index in [1.54, 1.807) is 6.07 Å². The minimum absolute atomic E-state index is 0.274. The molecule has 0 bridgehead atoms. The van der Waals surface area contributed by atoms with Gasteiger partial charge in [0, 0.05) is 11.3 Å². The molecule has 0 radical (unpaired) electrons. The fourth-order valence-corrected chi connectivity index (χ4v) is 3.10. The predicted octanol–water partition coefficient (Wildman–Crippen LogP) is 5.01. The van der Waals surface area contributed by atoms with E-state index in [1.165, 1.54) is 0 Å². The minimum atomic E-state index is -0.274. The summed E-state index contributed by atoms with van der Waals surface area (Å²) in [6, 6.07) is 23.5. The maximum Gasteiger partial charge on any atom is 0.274 e. The van der Waals surface area contributed by atoms with E-state index in [-0.39, 0.29) is 5.91 Å². The first-order valence-electron chi connectivity index (χ1n) is 9.07. The van der Waals surface area contributed by atoms with E-state index in [2.05, 4.69) is 32.6 Å². The lowest BCUT2D eigenvalue weighted by atomic mass is 10.0. The van der Waals surface area contributed by atoms with Crippen molar-refractivity contribution in [2.45, 2.75) is 13.8 Å². The van der Waals surface area contributed by atoms with Gasteiger partial charge in [-0.15, -0.1) is 0 Å². The molecule has 28 heavy (non-hydrogen) atoms. The molecule has 0 aliphatic heterocycles. The summed E-state index contributed by atoms with van der Waals surface area (Å²) in [5, 5.41) is 9.93. The second kappa shape index (κ2) is 7.48. The first-order valence-corrected chi connectivity index (χ1v) is 9.07. The number of hydrogen-bond donors (Lipinski definition) is 2. The average molecular weight is 368 g/mol. The molecule has 4 aromatic rings. The van der Waals surface area contributed by atoms with Gasteiger partial charge >= 0.3 is 0 Å². The van der Waals surface area contributed by atoms with Crippen LogP contribution in [0.5, 0.6) is 0 Å². The van der Waals surface area contributed by atoms with Crippen LogP contribution in [0.15, 0.2) is 72.8 Å². The summed E-state index contributed by atoms with van der Waals surface area (Å²) in [7, 11) is 0. The van der Waals surface area contributed by atoms with Gasteiger partial charge in [0.25, 0.3) is 5.91 Å². The van der Waals surface area contributed by atoms with Gasteiger partial charge in [-0.2, -0.15) is 5.10 Å². The van der Waals surface area contributed by atoms with Crippen molar-refractivity contribution in [2.75, 3.05) is 5.32 Å². The van der Waals surface area contributed by atoms with Gasteiger partial charge in [0.15, 0.2) is 0 Å². The smallest absolute Gasteiger partial charge is 0.274 e. The number of amides is 1. The quantitative estimate of drug-likeness (QED) is 0.532. The van der Waals surface area contributed by atoms with Crippen molar-refractivity contribution in [1.82, 2.24) is 15.2 Å². The molecule has 0 saturated carbocycles. The highest BCUT2D eigenvalue weighted by Gasteiger charge is 2.14. The summed E-state index contributed by atoms with van der Waals surface area (Å²) in [4.78, 5) is 17.2. The van der Waals surface area contributed by atoms with E-state index < -0.39 is 0 Å². The number of hydrogen-bond acceptors (Lipinski definition) is 3. The number of carbonyl (C=O) groups excluding carboxylic acids is 1. The summed E-state index contributed by atoms with van der Waals surface area (Å²) in [5.74, 6) is 0.243. The molecule has 0 spiro atoms. The summed E-state index contributed by atoms with van der Waals surface area (Å²) in [5.41, 5.74) is 6.19. The van der Waals surface area contributed by atoms with Crippen LogP contribution in [0.3, 0.4) is 0 Å². The van der Waals surface area contributed by atoms with Crippen molar-refractivity contribution in [3.63, 3.8) is 0 Å². The molecule has 2 heterocycles. The highest BCUT2D eigenvalue weighted by atomic mass is 16.2. The van der Waals surface area contributed by atoms with Crippen molar-refractivity contribution < 1.29 is 4.79 Å². The van der Waals surface area contributed by atoms with Crippen molar-refractivity contribution in [3.05, 3.63) is 89.7 Å². The fourth-order valence-electron chi connectivity index (χ4n) is 3.10. The second-order valence-electron chi connectivity index (χ2n) is 6.62. The normalized spacial score (nSPS) is 10.6. The Morgan fingerprint density at radius 3 is 2.21 bits per heavy atom. The molecule has 0 unspecified atom stereocenters. The number of aromatic amines is 1. The zero-order valence-corrected chi connectivity index (χ0v) is 15.7. The Hall–Kier alpha value is -3.73. The molecule has 5 heteroatoms. The lowest BCUT2D eigenvalue weighted by Crippen LogP contribution is -2.14. The number of nitrogens with zero attached hydrogens (tertiary/aromatic N) is 2. The fraction of sp³-hybridized carbons (Fsp3) is 0.0870. The number of nitrogens with one attached hydrogen (secondary N) is 2. The molecule has 5 nitrogen and oxygen atoms in total. The second-order valence-corrected chi connectivity index (χ2v) is 6.62. The Labute approximate surface area is 163 Å². The third-order valence-electron chi connectivity index (χ3n) is 4.73. The third kappa shape index (κ3) is 3.55. The molecule has 4 rings (SSSR count). The van der Waals surface area contributed by atoms with Crippen LogP contribution in [0.2, 0.25) is 0 Å². The lowest BCUT2D eigenvalue weighted by molar-refractivity contribution is 0.102. The van der Waals surface area contributed by atoms with E-state index in [0.717, 1.165) is 33.6 Å². The molecular weight excluding hydrogens is 348 g/mol. The minimum Gasteiger partial charge on any atom is -0.305 e. The predicted molar refractivity (Wildman–Crippen MR) is 111 cm³/mol. The number of aromatic nitrogens is 3. The van der Waals surface area contributed by atoms with Crippen molar-refractivity contribution in [3.8, 4) is 22.4 Å². The van der Waals surface area contributed by atoms with E-state index in [9.17, 15) is 4.79 Å². The molecule has 138 valence electrons. The van der Waals surface area contributed by atoms with Gasteiger partial charge in [0.05, 0.1) is 5.69 Å². The van der Waals surface area contributed by atoms with Crippen LogP contribution < -0.4 is 5.32 Å². The Morgan fingerprint density at radius 1 is 0.893 bits per heavy atom. The van der Waals surface area contributed by atoms with Crippen LogP contribution in [0, 0.1) is 13.8 Å². The molecule has 2 aromatic carbocycles. The number of pyridine rings is 1. The molecular formula is C23H20N4O. The van der Waals surface area contributed by atoms with E-state index >= 15 is 0 Å². The van der Waals surface area contributed by atoms with Gasteiger partial charge in [0.2, 0.25) is 0 Å². The van der Waals surface area contributed by atoms with Gasteiger partial charge in [0.1, 0.15) is 11.5 Å². The molecule has 0 aliphatic rings. The third-order valence-corrected chi connectivity index (χ3v) is 4.73. The highest BCUT2D eigenvalue weighted by molar-refractivity contribution is 6.03. The van der Waals surface area contributed by atoms with Crippen molar-refractivity contribution in [2.24, 2.45) is 0 Å². The SMILES string of the molecule is Cc1nc(NC(=O)c2cc(-c3ccccc3)n[nH]2)cc(-c2ccccc2)c1C. The van der Waals surface area contributed by atoms with E-state index in [1.807, 2.05) is 68.4 Å². The Bertz CT molecular complexity index is 1120. The molecule has 1 amide bonds. The standard InChI is InChI=1S/C23H20N4O/c1-15-16(2)24-22(13-19(15)17-9-5-3-6-10-17)25-23(28)21-14-20(26-27-21)18-11-7-4-8-12-18/h3-14H,1-2H3,(H,26,27)(H,24,25,28). The monoisotopic (exact) mass is 368 g/mol. The van der Waals surface area contributed by atoms with Gasteiger partial charge in [-0.05, 0) is 42.7 Å². The van der Waals surface area contributed by atoms with Crippen LogP contribution in [0.25, 0.3) is 22.4 Å². The average Bonchev–Trinajstić information content (AvgIpc) is 3.22. The van der Waals surface area contributed by atoms with Crippen LogP contribution in [0.4, 0.5) is 5.82 Å². The lowest BCUT2D eigenvalue weighted by Gasteiger charge is -2.12. The molecule has 0 fully saturated rings. The molecule has 0 saturated heterocycles. The molecule has 0 atom stereocenters. The summed E-state index contributed by atoms with van der Waals surface area (Å²) in [6.45, 7) is 3.98. The van der Waals surface area contributed by atoms with Gasteiger partial charge in [-0.1, -0.05) is 60.7 Å². The van der Waals surface area contributed by atoms with Crippen molar-refractivity contribution >= 4 is 11.7 Å². The number of benzene rings is 2. The largest absolute Gasteiger partial charge is 0.305 e. The summed E-state index contributed by atoms with van der Waals surface area (Å²) < 4.78 is 0. The zero-order chi connectivity index (χ0) is 19.5. The van der Waals surface area contributed by atoms with Gasteiger partial charge < -0.3 is 5.32 Å². The Morgan fingerprint density at radius 2 is 1.54 bits per heavy atom. The number of carbonyl (C=O) groups is 1. The summed E-state index contributed by atoms with van der Waals surface area (Å²) in [6.07, 6.45) is 0. The van der Waals surface area contributed by atoms with Crippen LogP contribution in [0.1, 0.15) is 21.7 Å². The maximum absolute atomic E-state index is 12.7. The number of anilines is 1. The van der Waals surface area contributed by atoms with Crippen LogP contribution >= 0.6 is 0 Å². The van der Waals surface area contributed by atoms with Gasteiger partial charge in [-0.3, -0.25) is 9.89 Å². The number of aryl methyl sites for hydroxylation is 1. The first-order chi connectivity index (χ1) is 13.6. The Balaban J connectivity index is 1.60. The number of rotatable bonds is 4. The van der Waals surface area contributed by atoms with Crippen LogP contribution in [-0.4, -0.2) is 21.1 Å². The molecule has 2 N–H and O–H groups in total. The zero-order valence-electron chi connectivity index (χ0n) is 15.7. The summed E-state index contributed by atoms with van der Waals surface area (Å²) >= 11 is 0. The van der Waals surface area contributed by atoms with Gasteiger partial charge in [-0.25, -0.2) is 4.98 Å². The Kier molecular flexibility index (Phi) is 4.72. The number of H-pyrrole nitrogens is 1. The maximum atomic E-state index is 12.7.